The molecule has 0 fully saturated rings. The SMILES string of the molecule is CN(C)C(C)(CO)CC(=O)O. The van der Waals surface area contributed by atoms with Crippen LogP contribution in [0.25, 0.3) is 0 Å². The quantitative estimate of drug-likeness (QED) is 0.598. The summed E-state index contributed by atoms with van der Waals surface area (Å²) >= 11 is 0. The molecule has 1 unspecified atom stereocenters. The molecule has 2 N–H and O–H groups in total. The summed E-state index contributed by atoms with van der Waals surface area (Å²) in [5.41, 5.74) is -0.647. The second-order valence-corrected chi connectivity index (χ2v) is 3.12. The van der Waals surface area contributed by atoms with Crippen molar-refractivity contribution >= 4 is 5.97 Å². The van der Waals surface area contributed by atoms with Gasteiger partial charge in [0.25, 0.3) is 0 Å². The van der Waals surface area contributed by atoms with E-state index in [1.54, 1.807) is 25.9 Å². The second kappa shape index (κ2) is 3.69. The first-order chi connectivity index (χ1) is 4.92. The van der Waals surface area contributed by atoms with E-state index in [-0.39, 0.29) is 13.0 Å². The van der Waals surface area contributed by atoms with Gasteiger partial charge in [-0.25, -0.2) is 0 Å². The summed E-state index contributed by atoms with van der Waals surface area (Å²) in [6, 6.07) is 0. The molecule has 0 aliphatic carbocycles. The second-order valence-electron chi connectivity index (χ2n) is 3.12. The standard InChI is InChI=1S/C7H15NO3/c1-7(5-9,8(2)3)4-6(10)11/h9H,4-5H2,1-3H3,(H,10,11). The normalized spacial score (nSPS) is 16.5. The van der Waals surface area contributed by atoms with Crippen LogP contribution in [-0.2, 0) is 4.79 Å². The number of aliphatic hydroxyl groups is 1. The van der Waals surface area contributed by atoms with Crippen LogP contribution in [-0.4, -0.2) is 47.3 Å². The number of likely N-dealkylation sites (N-methyl/N-ethyl adjacent to an activating group) is 1. The summed E-state index contributed by atoms with van der Waals surface area (Å²) in [4.78, 5) is 12.0. The molecule has 0 aliphatic rings. The average molecular weight is 161 g/mol. The molecule has 0 rings (SSSR count). The molecule has 4 heteroatoms. The highest BCUT2D eigenvalue weighted by molar-refractivity contribution is 5.68. The van der Waals surface area contributed by atoms with Crippen molar-refractivity contribution in [2.75, 3.05) is 20.7 Å². The first-order valence-electron chi connectivity index (χ1n) is 3.42. The van der Waals surface area contributed by atoms with Gasteiger partial charge in [-0.1, -0.05) is 0 Å². The number of aliphatic carboxylic acids is 1. The molecule has 0 heterocycles. The number of carbonyl (C=O) groups is 1. The third kappa shape index (κ3) is 2.86. The largest absolute Gasteiger partial charge is 0.481 e. The van der Waals surface area contributed by atoms with Crippen LogP contribution in [0.4, 0.5) is 0 Å². The molecule has 0 aromatic heterocycles. The molecule has 0 saturated heterocycles. The van der Waals surface area contributed by atoms with Crippen LogP contribution in [0.1, 0.15) is 13.3 Å². The van der Waals surface area contributed by atoms with Crippen molar-refractivity contribution in [3.8, 4) is 0 Å². The lowest BCUT2D eigenvalue weighted by atomic mass is 9.98. The Hall–Kier alpha value is -0.610. The van der Waals surface area contributed by atoms with E-state index >= 15 is 0 Å². The van der Waals surface area contributed by atoms with Gasteiger partial charge in [-0.3, -0.25) is 4.79 Å². The van der Waals surface area contributed by atoms with Crippen molar-refractivity contribution in [1.82, 2.24) is 4.90 Å². The Balaban J connectivity index is 4.22. The Bertz CT molecular complexity index is 147. The van der Waals surface area contributed by atoms with Gasteiger partial charge in [0.05, 0.1) is 18.6 Å². The van der Waals surface area contributed by atoms with Crippen molar-refractivity contribution in [3.63, 3.8) is 0 Å². The van der Waals surface area contributed by atoms with Crippen LogP contribution in [0, 0.1) is 0 Å². The molecule has 0 saturated carbocycles. The summed E-state index contributed by atoms with van der Waals surface area (Å²) in [5, 5.41) is 17.4. The molecule has 0 radical (unpaired) electrons. The van der Waals surface area contributed by atoms with Crippen molar-refractivity contribution in [1.29, 1.82) is 0 Å². The number of carboxylic acid groups (broad SMARTS) is 1. The van der Waals surface area contributed by atoms with Gasteiger partial charge in [-0.05, 0) is 21.0 Å². The zero-order chi connectivity index (χ0) is 9.07. The number of hydrogen-bond acceptors (Lipinski definition) is 3. The highest BCUT2D eigenvalue weighted by Crippen LogP contribution is 2.14. The third-order valence-electron chi connectivity index (χ3n) is 1.95. The zero-order valence-corrected chi connectivity index (χ0v) is 7.16. The summed E-state index contributed by atoms with van der Waals surface area (Å²) in [7, 11) is 3.50. The highest BCUT2D eigenvalue weighted by Gasteiger charge is 2.28. The van der Waals surface area contributed by atoms with Crippen molar-refractivity contribution < 1.29 is 15.0 Å². The van der Waals surface area contributed by atoms with Gasteiger partial charge in [0.2, 0.25) is 0 Å². The van der Waals surface area contributed by atoms with Gasteiger partial charge in [0, 0.05) is 0 Å². The topological polar surface area (TPSA) is 60.8 Å². The molecule has 1 atom stereocenters. The van der Waals surface area contributed by atoms with E-state index in [0.717, 1.165) is 0 Å². The Labute approximate surface area is 66.4 Å². The Morgan fingerprint density at radius 1 is 1.55 bits per heavy atom. The maximum atomic E-state index is 10.3. The Kier molecular flexibility index (Phi) is 3.48. The molecule has 0 aromatic rings. The fourth-order valence-corrected chi connectivity index (χ4v) is 0.681. The minimum Gasteiger partial charge on any atom is -0.481 e. The monoisotopic (exact) mass is 161 g/mol. The minimum atomic E-state index is -0.893. The molecule has 66 valence electrons. The maximum absolute atomic E-state index is 10.3. The fourth-order valence-electron chi connectivity index (χ4n) is 0.681. The lowest BCUT2D eigenvalue weighted by Gasteiger charge is -2.32. The predicted molar refractivity (Wildman–Crippen MR) is 41.4 cm³/mol. The smallest absolute Gasteiger partial charge is 0.305 e. The van der Waals surface area contributed by atoms with Gasteiger partial charge in [0.1, 0.15) is 0 Å². The summed E-state index contributed by atoms with van der Waals surface area (Å²) in [6.45, 7) is 1.56. The minimum absolute atomic E-state index is 0.0451. The summed E-state index contributed by atoms with van der Waals surface area (Å²) < 4.78 is 0. The number of aliphatic hydroxyl groups excluding tert-OH is 1. The van der Waals surface area contributed by atoms with E-state index in [2.05, 4.69) is 0 Å². The first kappa shape index (κ1) is 10.4. The lowest BCUT2D eigenvalue weighted by molar-refractivity contribution is -0.140. The molecular formula is C7H15NO3. The van der Waals surface area contributed by atoms with Crippen LogP contribution >= 0.6 is 0 Å². The fraction of sp³-hybridized carbons (Fsp3) is 0.857. The molecule has 0 amide bonds. The molecule has 0 aliphatic heterocycles. The Morgan fingerprint density at radius 3 is 2.09 bits per heavy atom. The van der Waals surface area contributed by atoms with Crippen LogP contribution < -0.4 is 0 Å². The Morgan fingerprint density at radius 2 is 2.00 bits per heavy atom. The molecule has 11 heavy (non-hydrogen) atoms. The van der Waals surface area contributed by atoms with Crippen molar-refractivity contribution in [2.24, 2.45) is 0 Å². The van der Waals surface area contributed by atoms with Crippen molar-refractivity contribution in [2.45, 2.75) is 18.9 Å². The van der Waals surface area contributed by atoms with E-state index in [1.165, 1.54) is 0 Å². The van der Waals surface area contributed by atoms with Crippen LogP contribution in [0.5, 0.6) is 0 Å². The maximum Gasteiger partial charge on any atom is 0.305 e. The third-order valence-corrected chi connectivity index (χ3v) is 1.95. The predicted octanol–water partition coefficient (Wildman–Crippen LogP) is -0.226. The van der Waals surface area contributed by atoms with E-state index in [9.17, 15) is 4.79 Å². The number of carboxylic acids is 1. The van der Waals surface area contributed by atoms with Gasteiger partial charge >= 0.3 is 5.97 Å². The van der Waals surface area contributed by atoms with Crippen molar-refractivity contribution in [3.05, 3.63) is 0 Å². The number of hydrogen-bond donors (Lipinski definition) is 2. The summed E-state index contributed by atoms with van der Waals surface area (Å²) in [6.07, 6.45) is -0.0451. The highest BCUT2D eigenvalue weighted by atomic mass is 16.4. The van der Waals surface area contributed by atoms with E-state index in [0.29, 0.717) is 0 Å². The van der Waals surface area contributed by atoms with Crippen LogP contribution in [0.3, 0.4) is 0 Å². The van der Waals surface area contributed by atoms with Gasteiger partial charge in [0.15, 0.2) is 0 Å². The van der Waals surface area contributed by atoms with Gasteiger partial charge < -0.3 is 15.1 Å². The lowest BCUT2D eigenvalue weighted by Crippen LogP contribution is -2.46. The van der Waals surface area contributed by atoms with E-state index in [1.807, 2.05) is 0 Å². The van der Waals surface area contributed by atoms with E-state index in [4.69, 9.17) is 10.2 Å². The molecule has 0 aromatic carbocycles. The van der Waals surface area contributed by atoms with Crippen LogP contribution in [0.2, 0.25) is 0 Å². The van der Waals surface area contributed by atoms with Gasteiger partial charge in [-0.15, -0.1) is 0 Å². The zero-order valence-electron chi connectivity index (χ0n) is 7.16. The van der Waals surface area contributed by atoms with Crippen LogP contribution in [0.15, 0.2) is 0 Å². The molecular weight excluding hydrogens is 146 g/mol. The van der Waals surface area contributed by atoms with Gasteiger partial charge in [-0.2, -0.15) is 0 Å². The van der Waals surface area contributed by atoms with E-state index < -0.39 is 11.5 Å². The molecule has 4 nitrogen and oxygen atoms in total. The molecule has 0 bridgehead atoms. The average Bonchev–Trinajstić information content (AvgIpc) is 1.86. The molecule has 0 spiro atoms. The summed E-state index contributed by atoms with van der Waals surface area (Å²) in [5.74, 6) is -0.893. The first-order valence-corrected chi connectivity index (χ1v) is 3.42. The number of nitrogens with zero attached hydrogens (tertiary/aromatic N) is 1. The number of rotatable bonds is 4.